The van der Waals surface area contributed by atoms with Gasteiger partial charge in [0, 0.05) is 18.8 Å². The van der Waals surface area contributed by atoms with Gasteiger partial charge in [-0.1, -0.05) is 63.2 Å². The lowest BCUT2D eigenvalue weighted by molar-refractivity contribution is -0.149. The smallest absolute Gasteiger partial charge is 0.408 e. The molecule has 2 unspecified atom stereocenters. The molecule has 0 bridgehead atoms. The number of carboxylic acid groups (broad SMARTS) is 1. The standard InChI is InChI=1S/C40H57N5O13Si/c1-24(46)29(43-38(53)56-23-26-12-9-8-10-13-26)35(50)42-20-11-19-41-30(37(51)52)31(48)33-32(49)34(58-59(6,7)40(2,3)4)36(57-33)44-21-18-28(47)45(39(44)54)22-25-14-16-27(55-5)17-15-25/h8-10,12-18,21,24,29-34,36,41,46,48-49H,11,19-20,22-23H2,1-7H3,(H,42,50)(H,43,53)(H,51,52)/t24?,29-,30-,31+,32+,33?,34-,36+/m0/s1. The van der Waals surface area contributed by atoms with Crippen LogP contribution in [0, 0.1) is 0 Å². The monoisotopic (exact) mass is 843 g/mol. The molecule has 1 aliphatic heterocycles. The van der Waals surface area contributed by atoms with Crippen molar-refractivity contribution in [2.45, 2.75) is 114 Å². The summed E-state index contributed by atoms with van der Waals surface area (Å²) in [6.45, 7) is 10.9. The molecule has 7 N–H and O–H groups in total. The van der Waals surface area contributed by atoms with Crippen LogP contribution in [0.5, 0.6) is 5.75 Å². The van der Waals surface area contributed by atoms with Crippen LogP contribution >= 0.6 is 0 Å². The minimum Gasteiger partial charge on any atom is -0.497 e. The lowest BCUT2D eigenvalue weighted by Crippen LogP contribution is -2.55. The van der Waals surface area contributed by atoms with Crippen LogP contribution in [-0.2, 0) is 36.6 Å². The highest BCUT2D eigenvalue weighted by Gasteiger charge is 2.54. The zero-order valence-corrected chi connectivity index (χ0v) is 35.4. The van der Waals surface area contributed by atoms with E-state index >= 15 is 0 Å². The Hall–Kier alpha value is -4.89. The molecule has 324 valence electrons. The van der Waals surface area contributed by atoms with Crippen molar-refractivity contribution in [1.29, 1.82) is 0 Å². The van der Waals surface area contributed by atoms with E-state index in [0.717, 1.165) is 14.7 Å². The normalized spacial score (nSPS) is 20.2. The number of rotatable bonds is 19. The van der Waals surface area contributed by atoms with E-state index in [9.17, 15) is 44.4 Å². The Morgan fingerprint density at radius 2 is 1.61 bits per heavy atom. The van der Waals surface area contributed by atoms with E-state index in [-0.39, 0.29) is 37.7 Å². The summed E-state index contributed by atoms with van der Waals surface area (Å²) in [4.78, 5) is 64.6. The third kappa shape index (κ3) is 12.1. The molecule has 0 aliphatic carbocycles. The Bertz CT molecular complexity index is 1980. The summed E-state index contributed by atoms with van der Waals surface area (Å²) in [5.41, 5.74) is -0.0156. The number of aliphatic hydroxyl groups excluding tert-OH is 3. The van der Waals surface area contributed by atoms with Crippen molar-refractivity contribution in [3.8, 4) is 5.75 Å². The highest BCUT2D eigenvalue weighted by atomic mass is 28.4. The molecule has 59 heavy (non-hydrogen) atoms. The molecule has 1 saturated heterocycles. The van der Waals surface area contributed by atoms with Gasteiger partial charge in [0.25, 0.3) is 5.56 Å². The lowest BCUT2D eigenvalue weighted by atomic mass is 9.99. The topological polar surface area (TPSA) is 249 Å². The fourth-order valence-electron chi connectivity index (χ4n) is 6.12. The van der Waals surface area contributed by atoms with Gasteiger partial charge in [0.05, 0.1) is 19.8 Å². The number of benzene rings is 2. The van der Waals surface area contributed by atoms with E-state index in [4.69, 9.17) is 18.6 Å². The largest absolute Gasteiger partial charge is 0.497 e. The number of ether oxygens (including phenoxy) is 3. The number of amides is 2. The van der Waals surface area contributed by atoms with Crippen LogP contribution < -0.4 is 31.9 Å². The van der Waals surface area contributed by atoms with Crippen molar-refractivity contribution in [2.24, 2.45) is 0 Å². The average molecular weight is 844 g/mol. The number of carbonyl (C=O) groups is 3. The van der Waals surface area contributed by atoms with Crippen LogP contribution in [0.15, 0.2) is 76.4 Å². The van der Waals surface area contributed by atoms with Gasteiger partial charge in [0.2, 0.25) is 5.91 Å². The lowest BCUT2D eigenvalue weighted by Gasteiger charge is -2.40. The van der Waals surface area contributed by atoms with Crippen molar-refractivity contribution >= 4 is 26.3 Å². The maximum Gasteiger partial charge on any atom is 0.408 e. The first-order chi connectivity index (χ1) is 27.7. The number of alkyl carbamates (subject to hydrolysis) is 1. The number of aliphatic hydroxyl groups is 3. The summed E-state index contributed by atoms with van der Waals surface area (Å²) in [6.07, 6.45) is -8.52. The summed E-state index contributed by atoms with van der Waals surface area (Å²) in [5.74, 6) is -1.59. The van der Waals surface area contributed by atoms with Gasteiger partial charge >= 0.3 is 17.8 Å². The molecule has 3 aromatic rings. The summed E-state index contributed by atoms with van der Waals surface area (Å²) >= 11 is 0. The van der Waals surface area contributed by atoms with Crippen molar-refractivity contribution in [1.82, 2.24) is 25.1 Å². The number of aromatic nitrogens is 2. The molecule has 4 rings (SSSR count). The van der Waals surface area contributed by atoms with Crippen LogP contribution in [-0.4, -0.2) is 119 Å². The van der Waals surface area contributed by atoms with E-state index in [2.05, 4.69) is 16.0 Å². The van der Waals surface area contributed by atoms with Crippen LogP contribution in [0.25, 0.3) is 0 Å². The second kappa shape index (κ2) is 20.4. The van der Waals surface area contributed by atoms with Crippen molar-refractivity contribution in [3.63, 3.8) is 0 Å². The number of hydrogen-bond acceptors (Lipinski definition) is 13. The molecular weight excluding hydrogens is 787 g/mol. The van der Waals surface area contributed by atoms with Gasteiger partial charge in [-0.2, -0.15) is 0 Å². The molecule has 1 fully saturated rings. The number of carbonyl (C=O) groups excluding carboxylic acids is 2. The molecule has 1 aliphatic rings. The molecule has 19 heteroatoms. The van der Waals surface area contributed by atoms with E-state index in [1.807, 2.05) is 39.9 Å². The third-order valence-electron chi connectivity index (χ3n) is 10.6. The molecule has 0 radical (unpaired) electrons. The molecule has 18 nitrogen and oxygen atoms in total. The van der Waals surface area contributed by atoms with E-state index < -0.39 is 86.4 Å². The van der Waals surface area contributed by atoms with Gasteiger partial charge in [0.15, 0.2) is 14.5 Å². The van der Waals surface area contributed by atoms with Crippen molar-refractivity contribution < 1.29 is 53.4 Å². The number of nitrogens with one attached hydrogen (secondary N) is 3. The average Bonchev–Trinajstić information content (AvgIpc) is 3.49. The Morgan fingerprint density at radius 1 is 0.949 bits per heavy atom. The minimum atomic E-state index is -2.72. The number of hydrogen-bond donors (Lipinski definition) is 7. The Morgan fingerprint density at radius 3 is 2.20 bits per heavy atom. The number of carboxylic acids is 1. The highest BCUT2D eigenvalue weighted by Crippen LogP contribution is 2.42. The molecule has 2 amide bonds. The first kappa shape index (κ1) is 46.8. The molecule has 8 atom stereocenters. The molecule has 2 aromatic carbocycles. The zero-order chi connectivity index (χ0) is 43.7. The molecule has 0 spiro atoms. The van der Waals surface area contributed by atoms with Gasteiger partial charge in [-0.25, -0.2) is 9.59 Å². The Labute approximate surface area is 343 Å². The predicted molar refractivity (Wildman–Crippen MR) is 217 cm³/mol. The fourth-order valence-corrected chi connectivity index (χ4v) is 7.41. The SMILES string of the molecule is COc1ccc(Cn2c(=O)ccn([C@@H]3OC([C@H](O)[C@H](NCCCNC(=O)[C@@H](NC(=O)OCc4ccccc4)C(C)O)C(=O)O)[C@@H](O)[C@@H]3O[Si](C)(C)C(C)(C)C)c2=O)cc1. The maximum atomic E-state index is 14.0. The van der Waals surface area contributed by atoms with E-state index in [1.165, 1.54) is 26.3 Å². The molecule has 0 saturated carbocycles. The number of nitrogens with zero attached hydrogens (tertiary/aromatic N) is 2. The summed E-state index contributed by atoms with van der Waals surface area (Å²) in [6, 6.07) is 13.8. The van der Waals surface area contributed by atoms with Crippen molar-refractivity contribution in [3.05, 3.63) is 98.8 Å². The van der Waals surface area contributed by atoms with Gasteiger partial charge in [-0.3, -0.25) is 23.5 Å². The highest BCUT2D eigenvalue weighted by molar-refractivity contribution is 6.74. The van der Waals surface area contributed by atoms with Crippen LogP contribution in [0.2, 0.25) is 18.1 Å². The van der Waals surface area contributed by atoms with Crippen LogP contribution in [0.1, 0.15) is 51.5 Å². The summed E-state index contributed by atoms with van der Waals surface area (Å²) in [7, 11) is -1.21. The zero-order valence-electron chi connectivity index (χ0n) is 34.4. The summed E-state index contributed by atoms with van der Waals surface area (Å²) < 4.78 is 25.2. The van der Waals surface area contributed by atoms with E-state index in [0.29, 0.717) is 11.3 Å². The van der Waals surface area contributed by atoms with Crippen molar-refractivity contribution in [2.75, 3.05) is 20.2 Å². The summed E-state index contributed by atoms with van der Waals surface area (Å²) in [5, 5.41) is 50.8. The van der Waals surface area contributed by atoms with Crippen LogP contribution in [0.4, 0.5) is 4.79 Å². The van der Waals surface area contributed by atoms with Gasteiger partial charge < -0.3 is 55.0 Å². The van der Waals surface area contributed by atoms with Gasteiger partial charge in [-0.15, -0.1) is 0 Å². The predicted octanol–water partition coefficient (Wildman–Crippen LogP) is 1.30. The molecule has 1 aromatic heterocycles. The fraction of sp³-hybridized carbons (Fsp3) is 0.525. The Balaban J connectivity index is 1.45. The van der Waals surface area contributed by atoms with Gasteiger partial charge in [0.1, 0.15) is 48.9 Å². The number of aliphatic carboxylic acids is 1. The number of methoxy groups -OCH3 is 1. The Kier molecular flexibility index (Phi) is 16.2. The maximum absolute atomic E-state index is 14.0. The van der Waals surface area contributed by atoms with Crippen LogP contribution in [0.3, 0.4) is 0 Å². The third-order valence-corrected chi connectivity index (χ3v) is 15.0. The second-order valence-corrected chi connectivity index (χ2v) is 20.7. The van der Waals surface area contributed by atoms with Gasteiger partial charge in [-0.05, 0) is 61.3 Å². The quantitative estimate of drug-likeness (QED) is 0.0665. The van der Waals surface area contributed by atoms with E-state index in [1.54, 1.807) is 48.5 Å². The molecule has 2 heterocycles. The second-order valence-electron chi connectivity index (χ2n) is 15.9. The first-order valence-electron chi connectivity index (χ1n) is 19.3. The minimum absolute atomic E-state index is 0.0135. The first-order valence-corrected chi connectivity index (χ1v) is 22.2. The molecular formula is C40H57N5O13Si.